The van der Waals surface area contributed by atoms with Crippen molar-refractivity contribution in [2.24, 2.45) is 11.7 Å². The highest BCUT2D eigenvalue weighted by atomic mass is 16.6. The Hall–Kier alpha value is -2.34. The number of aryl methyl sites for hydroxylation is 1. The van der Waals surface area contributed by atoms with E-state index < -0.39 is 29.7 Å². The van der Waals surface area contributed by atoms with Crippen LogP contribution < -0.4 is 5.73 Å². The van der Waals surface area contributed by atoms with Gasteiger partial charge in [-0.05, 0) is 52.2 Å². The van der Waals surface area contributed by atoms with E-state index in [1.165, 1.54) is 0 Å². The third-order valence-electron chi connectivity index (χ3n) is 4.64. The summed E-state index contributed by atoms with van der Waals surface area (Å²) in [7, 11) is 0. The van der Waals surface area contributed by atoms with E-state index in [-0.39, 0.29) is 5.92 Å². The zero-order chi connectivity index (χ0) is 20.5. The summed E-state index contributed by atoms with van der Waals surface area (Å²) in [6, 6.07) is 6.56. The van der Waals surface area contributed by atoms with E-state index in [1.54, 1.807) is 20.8 Å². The maximum absolute atomic E-state index is 13.0. The van der Waals surface area contributed by atoms with Crippen molar-refractivity contribution in [3.05, 3.63) is 35.5 Å². The molecule has 3 N–H and O–H groups in total. The van der Waals surface area contributed by atoms with Gasteiger partial charge in [0.05, 0.1) is 12.1 Å². The first kappa shape index (κ1) is 21.0. The number of nitrogens with one attached hydrogen (secondary N) is 1. The summed E-state index contributed by atoms with van der Waals surface area (Å²) in [6.07, 6.45) is -0.686. The number of aromatic nitrogens is 1. The molecule has 1 heterocycles. The molecule has 27 heavy (non-hydrogen) atoms. The lowest BCUT2D eigenvalue weighted by atomic mass is 10.0. The first-order valence-electron chi connectivity index (χ1n) is 9.33. The number of aromatic amines is 1. The molecule has 0 bridgehead atoms. The number of rotatable bonds is 4. The predicted molar refractivity (Wildman–Crippen MR) is 107 cm³/mol. The van der Waals surface area contributed by atoms with Gasteiger partial charge >= 0.3 is 6.09 Å². The van der Waals surface area contributed by atoms with Crippen molar-refractivity contribution < 1.29 is 14.3 Å². The standard InChI is InChI=1S/C21H31N3O3/c1-12(2)17(22)19(25)24(20(26)27-21(5,6)7)14(4)18-13(3)15-10-8-9-11-16(15)23-18/h8-12,14,17,23H,22H2,1-7H3/t14?,17-/m0/s1. The molecule has 1 unspecified atom stereocenters. The van der Waals surface area contributed by atoms with Gasteiger partial charge in [-0.15, -0.1) is 0 Å². The number of amides is 2. The van der Waals surface area contributed by atoms with Gasteiger partial charge in [-0.25, -0.2) is 9.69 Å². The van der Waals surface area contributed by atoms with Gasteiger partial charge in [-0.3, -0.25) is 4.79 Å². The lowest BCUT2D eigenvalue weighted by molar-refractivity contribution is -0.134. The Labute approximate surface area is 161 Å². The predicted octanol–water partition coefficient (Wildman–Crippen LogP) is 4.28. The van der Waals surface area contributed by atoms with Crippen molar-refractivity contribution in [3.8, 4) is 0 Å². The third kappa shape index (κ3) is 4.50. The number of H-pyrrole nitrogens is 1. The number of fused-ring (bicyclic) bond motifs is 1. The van der Waals surface area contributed by atoms with Crippen molar-refractivity contribution in [2.45, 2.75) is 66.2 Å². The number of carbonyl (C=O) groups excluding carboxylic acids is 2. The molecular formula is C21H31N3O3. The number of benzene rings is 1. The van der Waals surface area contributed by atoms with Crippen LogP contribution in [-0.2, 0) is 9.53 Å². The third-order valence-corrected chi connectivity index (χ3v) is 4.64. The highest BCUT2D eigenvalue weighted by Crippen LogP contribution is 2.30. The summed E-state index contributed by atoms with van der Waals surface area (Å²) < 4.78 is 5.50. The summed E-state index contributed by atoms with van der Waals surface area (Å²) in [4.78, 5) is 30.4. The van der Waals surface area contributed by atoms with Crippen LogP contribution in [-0.4, -0.2) is 33.5 Å². The summed E-state index contributed by atoms with van der Waals surface area (Å²) in [6.45, 7) is 12.8. The molecule has 2 rings (SSSR count). The first-order valence-corrected chi connectivity index (χ1v) is 9.33. The van der Waals surface area contributed by atoms with Crippen LogP contribution in [0.15, 0.2) is 24.3 Å². The second-order valence-corrected chi connectivity index (χ2v) is 8.34. The van der Waals surface area contributed by atoms with Crippen LogP contribution in [0.1, 0.15) is 58.8 Å². The molecule has 2 amide bonds. The van der Waals surface area contributed by atoms with Gasteiger partial charge in [0, 0.05) is 16.6 Å². The summed E-state index contributed by atoms with van der Waals surface area (Å²) in [5.41, 5.74) is 8.12. The molecule has 148 valence electrons. The highest BCUT2D eigenvalue weighted by Gasteiger charge is 2.37. The molecule has 6 nitrogen and oxygen atoms in total. The highest BCUT2D eigenvalue weighted by molar-refractivity contribution is 5.96. The van der Waals surface area contributed by atoms with Crippen molar-refractivity contribution in [2.75, 3.05) is 0 Å². The lowest BCUT2D eigenvalue weighted by Gasteiger charge is -2.32. The summed E-state index contributed by atoms with van der Waals surface area (Å²) >= 11 is 0. The topological polar surface area (TPSA) is 88.4 Å². The molecule has 0 aliphatic heterocycles. The maximum atomic E-state index is 13.0. The van der Waals surface area contributed by atoms with E-state index in [0.717, 1.165) is 27.1 Å². The number of nitrogens with zero attached hydrogens (tertiary/aromatic N) is 1. The lowest BCUT2D eigenvalue weighted by Crippen LogP contribution is -2.51. The molecule has 0 saturated heterocycles. The Morgan fingerprint density at radius 1 is 1.15 bits per heavy atom. The van der Waals surface area contributed by atoms with Gasteiger partial charge in [0.1, 0.15) is 5.60 Å². The van der Waals surface area contributed by atoms with Crippen molar-refractivity contribution in [3.63, 3.8) is 0 Å². The molecule has 0 spiro atoms. The minimum atomic E-state index is -0.787. The number of imide groups is 1. The summed E-state index contributed by atoms with van der Waals surface area (Å²) in [5.74, 6) is -0.539. The number of para-hydroxylation sites is 1. The number of hydrogen-bond acceptors (Lipinski definition) is 4. The van der Waals surface area contributed by atoms with E-state index in [9.17, 15) is 9.59 Å². The zero-order valence-corrected chi connectivity index (χ0v) is 17.3. The molecular weight excluding hydrogens is 342 g/mol. The quantitative estimate of drug-likeness (QED) is 0.837. The SMILES string of the molecule is Cc1c(C(C)N(C(=O)OC(C)(C)C)C(=O)[C@@H](N)C(C)C)[nH]c2ccccc12. The van der Waals surface area contributed by atoms with Gasteiger partial charge in [0.15, 0.2) is 0 Å². The molecule has 6 heteroatoms. The van der Waals surface area contributed by atoms with E-state index in [1.807, 2.05) is 52.0 Å². The minimum Gasteiger partial charge on any atom is -0.443 e. The molecule has 0 aliphatic carbocycles. The van der Waals surface area contributed by atoms with Crippen LogP contribution in [0, 0.1) is 12.8 Å². The number of hydrogen-bond donors (Lipinski definition) is 2. The Kier molecular flexibility index (Phi) is 6.00. The Morgan fingerprint density at radius 2 is 1.74 bits per heavy atom. The van der Waals surface area contributed by atoms with Crippen LogP contribution in [0.2, 0.25) is 0 Å². The normalized spacial score (nSPS) is 14.3. The van der Waals surface area contributed by atoms with Gasteiger partial charge in [-0.1, -0.05) is 32.0 Å². The largest absolute Gasteiger partial charge is 0.443 e. The first-order chi connectivity index (χ1) is 12.4. The molecule has 2 atom stereocenters. The average Bonchev–Trinajstić information content (AvgIpc) is 2.89. The Bertz CT molecular complexity index is 833. The average molecular weight is 373 g/mol. The fraction of sp³-hybridized carbons (Fsp3) is 0.524. The fourth-order valence-electron chi connectivity index (χ4n) is 3.05. The zero-order valence-electron chi connectivity index (χ0n) is 17.3. The van der Waals surface area contributed by atoms with E-state index in [2.05, 4.69) is 4.98 Å². The van der Waals surface area contributed by atoms with Crippen LogP contribution in [0.5, 0.6) is 0 Å². The summed E-state index contributed by atoms with van der Waals surface area (Å²) in [5, 5.41) is 1.06. The smallest absolute Gasteiger partial charge is 0.417 e. The van der Waals surface area contributed by atoms with Gasteiger partial charge in [0.2, 0.25) is 5.91 Å². The van der Waals surface area contributed by atoms with Crippen molar-refractivity contribution >= 4 is 22.9 Å². The van der Waals surface area contributed by atoms with Crippen LogP contribution >= 0.6 is 0 Å². The van der Waals surface area contributed by atoms with Crippen molar-refractivity contribution in [1.82, 2.24) is 9.88 Å². The second kappa shape index (κ2) is 7.72. The van der Waals surface area contributed by atoms with Gasteiger partial charge < -0.3 is 15.5 Å². The van der Waals surface area contributed by atoms with Crippen LogP contribution in [0.4, 0.5) is 4.79 Å². The van der Waals surface area contributed by atoms with Crippen LogP contribution in [0.25, 0.3) is 10.9 Å². The van der Waals surface area contributed by atoms with E-state index >= 15 is 0 Å². The Balaban J connectivity index is 2.48. The second-order valence-electron chi connectivity index (χ2n) is 8.34. The molecule has 1 aromatic heterocycles. The monoisotopic (exact) mass is 373 g/mol. The van der Waals surface area contributed by atoms with Gasteiger partial charge in [-0.2, -0.15) is 0 Å². The minimum absolute atomic E-state index is 0.0987. The number of nitrogens with two attached hydrogens (primary N) is 1. The van der Waals surface area contributed by atoms with E-state index in [0.29, 0.717) is 0 Å². The van der Waals surface area contributed by atoms with Crippen LogP contribution in [0.3, 0.4) is 0 Å². The molecule has 0 aliphatic rings. The molecule has 0 saturated carbocycles. The maximum Gasteiger partial charge on any atom is 0.417 e. The molecule has 1 aromatic carbocycles. The molecule has 2 aromatic rings. The Morgan fingerprint density at radius 3 is 2.26 bits per heavy atom. The number of carbonyl (C=O) groups is 2. The van der Waals surface area contributed by atoms with E-state index in [4.69, 9.17) is 10.5 Å². The number of ether oxygens (including phenoxy) is 1. The molecule has 0 radical (unpaired) electrons. The fourth-order valence-corrected chi connectivity index (χ4v) is 3.05. The van der Waals surface area contributed by atoms with Crippen molar-refractivity contribution in [1.29, 1.82) is 0 Å². The molecule has 0 fully saturated rings. The van der Waals surface area contributed by atoms with Gasteiger partial charge in [0.25, 0.3) is 0 Å².